The zero-order valence-electron chi connectivity index (χ0n) is 17.4. The Labute approximate surface area is 182 Å². The maximum absolute atomic E-state index is 13.1. The molecule has 5 nitrogen and oxygen atoms in total. The van der Waals surface area contributed by atoms with Crippen molar-refractivity contribution in [1.29, 1.82) is 0 Å². The van der Waals surface area contributed by atoms with E-state index in [-0.39, 0.29) is 30.8 Å². The molecule has 0 bridgehead atoms. The smallest absolute Gasteiger partial charge is 0.261 e. The molecule has 2 aromatic rings. The van der Waals surface area contributed by atoms with Gasteiger partial charge in [0.05, 0.1) is 0 Å². The molecule has 2 amide bonds. The third kappa shape index (κ3) is 7.02. The number of carbonyl (C=O) groups is 2. The van der Waals surface area contributed by atoms with Crippen molar-refractivity contribution in [3.05, 3.63) is 64.9 Å². The maximum atomic E-state index is 13.1. The maximum Gasteiger partial charge on any atom is 0.261 e. The van der Waals surface area contributed by atoms with Gasteiger partial charge in [0.1, 0.15) is 17.6 Å². The Morgan fingerprint density at radius 3 is 2.47 bits per heavy atom. The summed E-state index contributed by atoms with van der Waals surface area (Å²) in [4.78, 5) is 27.3. The van der Waals surface area contributed by atoms with E-state index in [9.17, 15) is 14.0 Å². The van der Waals surface area contributed by atoms with E-state index in [1.807, 2.05) is 32.0 Å². The van der Waals surface area contributed by atoms with Gasteiger partial charge in [0.2, 0.25) is 5.91 Å². The van der Waals surface area contributed by atoms with E-state index in [4.69, 9.17) is 16.3 Å². The summed E-state index contributed by atoms with van der Waals surface area (Å²) in [5, 5.41) is 3.43. The van der Waals surface area contributed by atoms with E-state index in [1.165, 1.54) is 29.2 Å². The van der Waals surface area contributed by atoms with Crippen LogP contribution in [0.2, 0.25) is 5.02 Å². The number of benzene rings is 2. The summed E-state index contributed by atoms with van der Waals surface area (Å²) >= 11 is 6.29. The van der Waals surface area contributed by atoms with E-state index in [0.717, 1.165) is 18.4 Å². The Morgan fingerprint density at radius 1 is 1.13 bits per heavy atom. The topological polar surface area (TPSA) is 58.6 Å². The number of amides is 2. The van der Waals surface area contributed by atoms with Crippen molar-refractivity contribution in [2.45, 2.75) is 45.7 Å². The monoisotopic (exact) mass is 434 g/mol. The molecule has 0 heterocycles. The Kier molecular flexibility index (Phi) is 9.61. The predicted octanol–water partition coefficient (Wildman–Crippen LogP) is 4.58. The van der Waals surface area contributed by atoms with Crippen LogP contribution in [-0.2, 0) is 16.1 Å². The first kappa shape index (κ1) is 23.7. The summed E-state index contributed by atoms with van der Waals surface area (Å²) in [6.45, 7) is 4.38. The molecule has 2 aromatic carbocycles. The molecule has 0 radical (unpaired) electrons. The van der Waals surface area contributed by atoms with Crippen LogP contribution in [0.1, 0.15) is 38.7 Å². The van der Waals surface area contributed by atoms with Crippen LogP contribution in [0.25, 0.3) is 0 Å². The molecule has 0 spiro atoms. The Hall–Kier alpha value is -2.60. The second-order valence-corrected chi connectivity index (χ2v) is 7.33. The van der Waals surface area contributed by atoms with Crippen LogP contribution in [0, 0.1) is 5.82 Å². The van der Waals surface area contributed by atoms with Gasteiger partial charge in [-0.15, -0.1) is 0 Å². The highest BCUT2D eigenvalue weighted by Crippen LogP contribution is 2.20. The normalized spacial score (nSPS) is 11.6. The van der Waals surface area contributed by atoms with Crippen LogP contribution < -0.4 is 10.1 Å². The van der Waals surface area contributed by atoms with Gasteiger partial charge in [-0.25, -0.2) is 4.39 Å². The van der Waals surface area contributed by atoms with Gasteiger partial charge in [-0.3, -0.25) is 9.59 Å². The van der Waals surface area contributed by atoms with Crippen molar-refractivity contribution in [3.63, 3.8) is 0 Å². The number of nitrogens with one attached hydrogen (secondary N) is 1. The second-order valence-electron chi connectivity index (χ2n) is 6.92. The lowest BCUT2D eigenvalue weighted by molar-refractivity contribution is -0.143. The van der Waals surface area contributed by atoms with Crippen molar-refractivity contribution < 1.29 is 18.7 Å². The molecule has 2 rings (SSSR count). The average Bonchev–Trinajstić information content (AvgIpc) is 2.74. The van der Waals surface area contributed by atoms with Crippen LogP contribution in [0.15, 0.2) is 48.5 Å². The molecule has 0 aliphatic heterocycles. The third-order valence-corrected chi connectivity index (χ3v) is 5.06. The predicted molar refractivity (Wildman–Crippen MR) is 116 cm³/mol. The fraction of sp³-hybridized carbons (Fsp3) is 0.391. The number of hydrogen-bond donors (Lipinski definition) is 1. The summed E-state index contributed by atoms with van der Waals surface area (Å²) in [5.41, 5.74) is 0.745. The summed E-state index contributed by atoms with van der Waals surface area (Å²) in [5.74, 6) is -0.559. The van der Waals surface area contributed by atoms with E-state index in [0.29, 0.717) is 23.7 Å². The zero-order valence-corrected chi connectivity index (χ0v) is 18.1. The molecule has 1 N–H and O–H groups in total. The molecule has 0 unspecified atom stereocenters. The largest absolute Gasteiger partial charge is 0.484 e. The summed E-state index contributed by atoms with van der Waals surface area (Å²) in [7, 11) is 0. The van der Waals surface area contributed by atoms with Gasteiger partial charge in [-0.05, 0) is 48.7 Å². The minimum atomic E-state index is -0.651. The molecule has 0 aromatic heterocycles. The number of halogens is 2. The highest BCUT2D eigenvalue weighted by molar-refractivity contribution is 6.31. The first-order chi connectivity index (χ1) is 14.5. The third-order valence-electron chi connectivity index (χ3n) is 4.69. The first-order valence-corrected chi connectivity index (χ1v) is 10.5. The summed E-state index contributed by atoms with van der Waals surface area (Å²) in [6, 6.07) is 12.0. The summed E-state index contributed by atoms with van der Waals surface area (Å²) in [6.07, 6.45) is 2.28. The molecule has 0 fully saturated rings. The highest BCUT2D eigenvalue weighted by Gasteiger charge is 2.29. The number of hydrogen-bond acceptors (Lipinski definition) is 3. The molecule has 162 valence electrons. The number of ether oxygens (including phenoxy) is 1. The van der Waals surface area contributed by atoms with Gasteiger partial charge in [-0.2, -0.15) is 0 Å². The van der Waals surface area contributed by atoms with Crippen molar-refractivity contribution in [2.75, 3.05) is 13.2 Å². The van der Waals surface area contributed by atoms with Crippen molar-refractivity contribution >= 4 is 23.4 Å². The Morgan fingerprint density at radius 2 is 1.83 bits per heavy atom. The number of carbonyl (C=O) groups excluding carboxylic acids is 2. The van der Waals surface area contributed by atoms with Gasteiger partial charge < -0.3 is 15.0 Å². The van der Waals surface area contributed by atoms with Gasteiger partial charge in [-0.1, -0.05) is 50.1 Å². The lowest BCUT2D eigenvalue weighted by atomic mass is 10.1. The number of rotatable bonds is 11. The lowest BCUT2D eigenvalue weighted by Crippen LogP contribution is -2.50. The minimum absolute atomic E-state index is 0.186. The fourth-order valence-electron chi connectivity index (χ4n) is 2.99. The van der Waals surface area contributed by atoms with Crippen molar-refractivity contribution in [3.8, 4) is 5.75 Å². The van der Waals surface area contributed by atoms with E-state index in [2.05, 4.69) is 5.32 Å². The fourth-order valence-corrected chi connectivity index (χ4v) is 3.19. The highest BCUT2D eigenvalue weighted by atomic mass is 35.5. The van der Waals surface area contributed by atoms with Crippen LogP contribution in [0.3, 0.4) is 0 Å². The van der Waals surface area contributed by atoms with Gasteiger partial charge in [0.25, 0.3) is 5.91 Å². The Balaban J connectivity index is 2.17. The lowest BCUT2D eigenvalue weighted by Gasteiger charge is -2.30. The molecule has 30 heavy (non-hydrogen) atoms. The Bertz CT molecular complexity index is 829. The van der Waals surface area contributed by atoms with Gasteiger partial charge in [0, 0.05) is 18.1 Å². The van der Waals surface area contributed by atoms with Crippen LogP contribution >= 0.6 is 11.6 Å². The van der Waals surface area contributed by atoms with Crippen LogP contribution in [0.4, 0.5) is 4.39 Å². The standard InChI is InChI=1S/C23H28ClFN2O3/c1-3-5-14-26-23(29)21(4-2)27(15-17-8-6-7-9-20(17)24)22(28)16-30-19-12-10-18(25)11-13-19/h6-13,21H,3-5,14-16H2,1-2H3,(H,26,29)/t21-/m0/s1. The molecular weight excluding hydrogens is 407 g/mol. The van der Waals surface area contributed by atoms with Crippen LogP contribution in [0.5, 0.6) is 5.75 Å². The number of nitrogens with zero attached hydrogens (tertiary/aromatic N) is 1. The summed E-state index contributed by atoms with van der Waals surface area (Å²) < 4.78 is 18.6. The van der Waals surface area contributed by atoms with E-state index in [1.54, 1.807) is 6.07 Å². The molecule has 0 saturated carbocycles. The van der Waals surface area contributed by atoms with Gasteiger partial charge in [0.15, 0.2) is 6.61 Å². The molecule has 1 atom stereocenters. The molecule has 0 aliphatic carbocycles. The molecule has 7 heteroatoms. The minimum Gasteiger partial charge on any atom is -0.484 e. The SMILES string of the molecule is CCCCNC(=O)[C@H](CC)N(Cc1ccccc1Cl)C(=O)COc1ccc(F)cc1. The van der Waals surface area contributed by atoms with E-state index >= 15 is 0 Å². The van der Waals surface area contributed by atoms with Crippen molar-refractivity contribution in [2.24, 2.45) is 0 Å². The van der Waals surface area contributed by atoms with E-state index < -0.39 is 6.04 Å². The average molecular weight is 435 g/mol. The molecular formula is C23H28ClFN2O3. The first-order valence-electron chi connectivity index (χ1n) is 10.1. The second kappa shape index (κ2) is 12.2. The zero-order chi connectivity index (χ0) is 21.9. The molecule has 0 saturated heterocycles. The van der Waals surface area contributed by atoms with Crippen molar-refractivity contribution in [1.82, 2.24) is 10.2 Å². The number of unbranched alkanes of at least 4 members (excludes halogenated alkanes) is 1. The van der Waals surface area contributed by atoms with Gasteiger partial charge >= 0.3 is 0 Å². The quantitative estimate of drug-likeness (QED) is 0.526. The van der Waals surface area contributed by atoms with Crippen LogP contribution in [-0.4, -0.2) is 35.9 Å². The molecule has 0 aliphatic rings.